The molecule has 1 aliphatic carbocycles. The van der Waals surface area contributed by atoms with Gasteiger partial charge in [0.25, 0.3) is 0 Å². The fourth-order valence-electron chi connectivity index (χ4n) is 2.06. The number of aromatic nitrogens is 2. The van der Waals surface area contributed by atoms with Crippen molar-refractivity contribution in [2.45, 2.75) is 39.0 Å². The van der Waals surface area contributed by atoms with E-state index in [2.05, 4.69) is 54.3 Å². The summed E-state index contributed by atoms with van der Waals surface area (Å²) in [6, 6.07) is 6.38. The first-order chi connectivity index (χ1) is 8.52. The molecule has 1 saturated carbocycles. The van der Waals surface area contributed by atoms with Crippen LogP contribution >= 0.6 is 0 Å². The molecule has 1 aromatic heterocycles. The number of imidazole rings is 1. The second-order valence-electron chi connectivity index (χ2n) is 6.39. The molecule has 1 aliphatic rings. The molecule has 1 fully saturated rings. The van der Waals surface area contributed by atoms with Gasteiger partial charge >= 0.3 is 0 Å². The Labute approximate surface area is 108 Å². The molecule has 96 valence electrons. The third-order valence-electron chi connectivity index (χ3n) is 3.48. The zero-order chi connectivity index (χ0) is 12.8. The first-order valence-corrected chi connectivity index (χ1v) is 6.76. The highest BCUT2D eigenvalue weighted by molar-refractivity contribution is 5.79. The maximum atomic E-state index is 4.65. The second kappa shape index (κ2) is 4.01. The highest BCUT2D eigenvalue weighted by Gasteiger charge is 2.21. The van der Waals surface area contributed by atoms with Crippen LogP contribution < -0.4 is 5.32 Å². The number of rotatable bonds is 3. The Bertz CT molecular complexity index is 559. The maximum absolute atomic E-state index is 4.65. The minimum atomic E-state index is 0.0701. The van der Waals surface area contributed by atoms with Gasteiger partial charge in [-0.3, -0.25) is 0 Å². The molecular formula is C15H21N3. The van der Waals surface area contributed by atoms with Gasteiger partial charge in [-0.15, -0.1) is 0 Å². The third kappa shape index (κ3) is 2.35. The van der Waals surface area contributed by atoms with Crippen molar-refractivity contribution < 1.29 is 0 Å². The Morgan fingerprint density at radius 1 is 1.33 bits per heavy atom. The van der Waals surface area contributed by atoms with E-state index in [-0.39, 0.29) is 5.41 Å². The lowest BCUT2D eigenvalue weighted by Gasteiger charge is -2.13. The van der Waals surface area contributed by atoms with E-state index < -0.39 is 0 Å². The molecule has 0 aliphatic heterocycles. The summed E-state index contributed by atoms with van der Waals surface area (Å²) >= 11 is 0. The van der Waals surface area contributed by atoms with Crippen molar-refractivity contribution in [3.8, 4) is 0 Å². The monoisotopic (exact) mass is 243 g/mol. The van der Waals surface area contributed by atoms with Crippen LogP contribution in [-0.2, 0) is 5.41 Å². The van der Waals surface area contributed by atoms with Gasteiger partial charge in [-0.1, -0.05) is 20.8 Å². The number of nitrogens with zero attached hydrogens (tertiary/aromatic N) is 1. The number of hydrogen-bond acceptors (Lipinski definition) is 2. The van der Waals surface area contributed by atoms with Crippen molar-refractivity contribution in [3.63, 3.8) is 0 Å². The molecule has 0 amide bonds. The van der Waals surface area contributed by atoms with Crippen LogP contribution in [0.15, 0.2) is 18.2 Å². The minimum absolute atomic E-state index is 0.0701. The van der Waals surface area contributed by atoms with Gasteiger partial charge in [0.2, 0.25) is 0 Å². The summed E-state index contributed by atoms with van der Waals surface area (Å²) in [7, 11) is 0. The van der Waals surface area contributed by atoms with E-state index in [1.54, 1.807) is 0 Å². The maximum Gasteiger partial charge on any atom is 0.112 e. The zero-order valence-corrected chi connectivity index (χ0v) is 11.4. The first kappa shape index (κ1) is 11.6. The predicted octanol–water partition coefficient (Wildman–Crippen LogP) is 3.68. The van der Waals surface area contributed by atoms with E-state index in [1.807, 2.05) is 0 Å². The number of nitrogens with one attached hydrogen (secondary N) is 2. The van der Waals surface area contributed by atoms with Gasteiger partial charge in [0, 0.05) is 17.6 Å². The van der Waals surface area contributed by atoms with Crippen LogP contribution in [0.25, 0.3) is 11.0 Å². The minimum Gasteiger partial charge on any atom is -0.385 e. The van der Waals surface area contributed by atoms with Gasteiger partial charge < -0.3 is 10.3 Å². The summed E-state index contributed by atoms with van der Waals surface area (Å²) in [5.41, 5.74) is 3.44. The Morgan fingerprint density at radius 2 is 2.11 bits per heavy atom. The van der Waals surface area contributed by atoms with E-state index in [0.29, 0.717) is 0 Å². The molecule has 1 aromatic carbocycles. The van der Waals surface area contributed by atoms with Gasteiger partial charge in [0.05, 0.1) is 11.0 Å². The van der Waals surface area contributed by atoms with Gasteiger partial charge in [-0.25, -0.2) is 4.98 Å². The average molecular weight is 243 g/mol. The van der Waals surface area contributed by atoms with Crippen LogP contribution in [0.4, 0.5) is 5.69 Å². The SMILES string of the molecule is CC(C)(C)c1nc2ccc(NCC3CC3)cc2[nH]1. The molecule has 0 spiro atoms. The van der Waals surface area contributed by atoms with Crippen molar-refractivity contribution in [1.82, 2.24) is 9.97 Å². The number of benzene rings is 1. The molecule has 0 unspecified atom stereocenters. The lowest BCUT2D eigenvalue weighted by Crippen LogP contribution is -2.12. The molecular weight excluding hydrogens is 222 g/mol. The summed E-state index contributed by atoms with van der Waals surface area (Å²) < 4.78 is 0. The molecule has 2 N–H and O–H groups in total. The molecule has 0 atom stereocenters. The fourth-order valence-corrected chi connectivity index (χ4v) is 2.06. The van der Waals surface area contributed by atoms with Crippen LogP contribution in [0.5, 0.6) is 0 Å². The molecule has 1 heterocycles. The first-order valence-electron chi connectivity index (χ1n) is 6.76. The lowest BCUT2D eigenvalue weighted by atomic mass is 9.96. The largest absolute Gasteiger partial charge is 0.385 e. The Balaban J connectivity index is 1.86. The van der Waals surface area contributed by atoms with E-state index in [1.165, 1.54) is 18.5 Å². The molecule has 3 nitrogen and oxygen atoms in total. The van der Waals surface area contributed by atoms with Crippen LogP contribution in [0.3, 0.4) is 0 Å². The van der Waals surface area contributed by atoms with E-state index in [9.17, 15) is 0 Å². The number of anilines is 1. The zero-order valence-electron chi connectivity index (χ0n) is 11.4. The quantitative estimate of drug-likeness (QED) is 0.863. The van der Waals surface area contributed by atoms with Crippen molar-refractivity contribution >= 4 is 16.7 Å². The van der Waals surface area contributed by atoms with Crippen molar-refractivity contribution in [2.24, 2.45) is 5.92 Å². The second-order valence-corrected chi connectivity index (χ2v) is 6.39. The number of aromatic amines is 1. The number of H-pyrrole nitrogens is 1. The summed E-state index contributed by atoms with van der Waals surface area (Å²) in [5.74, 6) is 1.95. The van der Waals surface area contributed by atoms with Crippen molar-refractivity contribution in [2.75, 3.05) is 11.9 Å². The Hall–Kier alpha value is -1.51. The highest BCUT2D eigenvalue weighted by Crippen LogP contribution is 2.29. The molecule has 3 heteroatoms. The Kier molecular flexibility index (Phi) is 2.58. The smallest absolute Gasteiger partial charge is 0.112 e. The van der Waals surface area contributed by atoms with Crippen LogP contribution in [0, 0.1) is 5.92 Å². The van der Waals surface area contributed by atoms with E-state index in [4.69, 9.17) is 0 Å². The molecule has 18 heavy (non-hydrogen) atoms. The number of hydrogen-bond donors (Lipinski definition) is 2. The average Bonchev–Trinajstić information content (AvgIpc) is 3.02. The van der Waals surface area contributed by atoms with Crippen LogP contribution in [-0.4, -0.2) is 16.5 Å². The van der Waals surface area contributed by atoms with Gasteiger partial charge in [0.1, 0.15) is 5.82 Å². The van der Waals surface area contributed by atoms with Crippen LogP contribution in [0.1, 0.15) is 39.4 Å². The normalized spacial score (nSPS) is 16.2. The number of fused-ring (bicyclic) bond motifs is 1. The van der Waals surface area contributed by atoms with Gasteiger partial charge in [-0.2, -0.15) is 0 Å². The Morgan fingerprint density at radius 3 is 2.78 bits per heavy atom. The topological polar surface area (TPSA) is 40.7 Å². The fraction of sp³-hybridized carbons (Fsp3) is 0.533. The summed E-state index contributed by atoms with van der Waals surface area (Å²) in [5, 5.41) is 3.50. The summed E-state index contributed by atoms with van der Waals surface area (Å²) in [6.07, 6.45) is 2.76. The molecule has 0 radical (unpaired) electrons. The highest BCUT2D eigenvalue weighted by atomic mass is 14.9. The summed E-state index contributed by atoms with van der Waals surface area (Å²) in [6.45, 7) is 7.64. The molecule has 3 rings (SSSR count). The van der Waals surface area contributed by atoms with Crippen LogP contribution in [0.2, 0.25) is 0 Å². The third-order valence-corrected chi connectivity index (χ3v) is 3.48. The van der Waals surface area contributed by atoms with Gasteiger partial charge in [0.15, 0.2) is 0 Å². The predicted molar refractivity (Wildman–Crippen MR) is 76.0 cm³/mol. The molecule has 2 aromatic rings. The van der Waals surface area contributed by atoms with Crippen molar-refractivity contribution in [1.29, 1.82) is 0 Å². The summed E-state index contributed by atoms with van der Waals surface area (Å²) in [4.78, 5) is 8.08. The van der Waals surface area contributed by atoms with Crippen molar-refractivity contribution in [3.05, 3.63) is 24.0 Å². The molecule has 0 bridgehead atoms. The van der Waals surface area contributed by atoms with E-state index >= 15 is 0 Å². The van der Waals surface area contributed by atoms with E-state index in [0.717, 1.165) is 29.3 Å². The molecule has 0 saturated heterocycles. The standard InChI is InChI=1S/C15H21N3/c1-15(2,3)14-17-12-7-6-11(8-13(12)18-14)16-9-10-4-5-10/h6-8,10,16H,4-5,9H2,1-3H3,(H,17,18). The van der Waals surface area contributed by atoms with Gasteiger partial charge in [-0.05, 0) is 37.0 Å². The lowest BCUT2D eigenvalue weighted by molar-refractivity contribution is 0.554.